The zero-order valence-corrected chi connectivity index (χ0v) is 14.7. The molecular weight excluding hydrogens is 344 g/mol. The van der Waals surface area contributed by atoms with Gasteiger partial charge in [-0.2, -0.15) is 0 Å². The minimum Gasteiger partial charge on any atom is -0.508 e. The molecule has 4 rings (SSSR count). The van der Waals surface area contributed by atoms with Crippen LogP contribution in [-0.2, 0) is 0 Å². The molecule has 1 heterocycles. The third-order valence-corrected chi connectivity index (χ3v) is 4.63. The van der Waals surface area contributed by atoms with Crippen LogP contribution in [-0.4, -0.2) is 10.1 Å². The number of hydrogen-bond donors (Lipinski definition) is 2. The Morgan fingerprint density at radius 1 is 0.923 bits per heavy atom. The lowest BCUT2D eigenvalue weighted by atomic mass is 9.92. The van der Waals surface area contributed by atoms with Crippen molar-refractivity contribution in [3.05, 3.63) is 101 Å². The molecule has 3 aromatic carbocycles. The molecule has 0 amide bonds. The van der Waals surface area contributed by atoms with Crippen LogP contribution in [0.3, 0.4) is 0 Å². The average Bonchev–Trinajstić information content (AvgIpc) is 2.67. The third kappa shape index (κ3) is 3.22. The minimum absolute atomic E-state index is 0.241. The van der Waals surface area contributed by atoms with E-state index >= 15 is 0 Å². The maximum Gasteiger partial charge on any atom is 0.121 e. The molecule has 128 valence electrons. The standard InChI is InChI=1S/C22H17ClN2O/c23-17-7-3-6-16(13-17)22(25-18-8-4-12-24-14-18)21-19-9-2-1-5-15(19)10-11-20(21)26/h1-14,22,25-26H. The van der Waals surface area contributed by atoms with E-state index in [1.54, 1.807) is 18.5 Å². The molecule has 1 atom stereocenters. The predicted octanol–water partition coefficient (Wildman–Crippen LogP) is 5.80. The summed E-state index contributed by atoms with van der Waals surface area (Å²) >= 11 is 6.23. The highest BCUT2D eigenvalue weighted by atomic mass is 35.5. The van der Waals surface area contributed by atoms with Crippen LogP contribution in [0, 0.1) is 0 Å². The zero-order valence-electron chi connectivity index (χ0n) is 13.9. The molecule has 1 unspecified atom stereocenters. The van der Waals surface area contributed by atoms with Crippen molar-refractivity contribution in [2.45, 2.75) is 6.04 Å². The van der Waals surface area contributed by atoms with Gasteiger partial charge in [-0.25, -0.2) is 0 Å². The Labute approximate surface area is 156 Å². The van der Waals surface area contributed by atoms with E-state index in [-0.39, 0.29) is 11.8 Å². The highest BCUT2D eigenvalue weighted by molar-refractivity contribution is 6.30. The van der Waals surface area contributed by atoms with Crippen LogP contribution in [0.4, 0.5) is 5.69 Å². The Morgan fingerprint density at radius 3 is 2.62 bits per heavy atom. The van der Waals surface area contributed by atoms with Crippen LogP contribution in [0.1, 0.15) is 17.2 Å². The van der Waals surface area contributed by atoms with E-state index in [2.05, 4.69) is 10.3 Å². The summed E-state index contributed by atoms with van der Waals surface area (Å²) in [6, 6.07) is 22.9. The van der Waals surface area contributed by atoms with E-state index in [4.69, 9.17) is 11.6 Å². The van der Waals surface area contributed by atoms with Gasteiger partial charge < -0.3 is 10.4 Å². The van der Waals surface area contributed by atoms with Gasteiger partial charge >= 0.3 is 0 Å². The number of nitrogens with zero attached hydrogens (tertiary/aromatic N) is 1. The normalized spacial score (nSPS) is 12.0. The van der Waals surface area contributed by atoms with Crippen LogP contribution >= 0.6 is 11.6 Å². The Hall–Kier alpha value is -3.04. The van der Waals surface area contributed by atoms with Crippen molar-refractivity contribution in [2.24, 2.45) is 0 Å². The summed E-state index contributed by atoms with van der Waals surface area (Å²) in [6.07, 6.45) is 3.49. The fraction of sp³-hybridized carbons (Fsp3) is 0.0455. The number of rotatable bonds is 4. The molecule has 0 saturated carbocycles. The number of hydrogen-bond acceptors (Lipinski definition) is 3. The van der Waals surface area contributed by atoms with Crippen molar-refractivity contribution in [3.8, 4) is 5.75 Å². The summed E-state index contributed by atoms with van der Waals surface area (Å²) < 4.78 is 0. The Morgan fingerprint density at radius 2 is 1.81 bits per heavy atom. The molecule has 4 heteroatoms. The Kier molecular flexibility index (Phi) is 4.46. The lowest BCUT2D eigenvalue weighted by Gasteiger charge is -2.23. The topological polar surface area (TPSA) is 45.1 Å². The maximum absolute atomic E-state index is 10.7. The monoisotopic (exact) mass is 360 g/mol. The minimum atomic E-state index is -0.274. The van der Waals surface area contributed by atoms with Crippen molar-refractivity contribution in [1.82, 2.24) is 4.98 Å². The fourth-order valence-corrected chi connectivity index (χ4v) is 3.41. The van der Waals surface area contributed by atoms with Crippen LogP contribution < -0.4 is 5.32 Å². The molecule has 4 aromatic rings. The van der Waals surface area contributed by atoms with Gasteiger partial charge in [-0.3, -0.25) is 4.98 Å². The van der Waals surface area contributed by atoms with Gasteiger partial charge in [-0.05, 0) is 46.7 Å². The van der Waals surface area contributed by atoms with Gasteiger partial charge in [0.1, 0.15) is 5.75 Å². The lowest BCUT2D eigenvalue weighted by Crippen LogP contribution is -2.13. The molecule has 0 spiro atoms. The summed E-state index contributed by atoms with van der Waals surface area (Å²) in [5.41, 5.74) is 2.65. The second-order valence-electron chi connectivity index (χ2n) is 6.09. The maximum atomic E-state index is 10.7. The molecule has 26 heavy (non-hydrogen) atoms. The molecule has 3 nitrogen and oxygen atoms in total. The molecule has 0 saturated heterocycles. The van der Waals surface area contributed by atoms with Gasteiger partial charge in [0.2, 0.25) is 0 Å². The van der Waals surface area contributed by atoms with Crippen molar-refractivity contribution in [2.75, 3.05) is 5.32 Å². The summed E-state index contributed by atoms with van der Waals surface area (Å²) in [4.78, 5) is 4.18. The predicted molar refractivity (Wildman–Crippen MR) is 107 cm³/mol. The SMILES string of the molecule is Oc1ccc2ccccc2c1C(Nc1cccnc1)c1cccc(Cl)c1. The van der Waals surface area contributed by atoms with Crippen molar-refractivity contribution < 1.29 is 5.11 Å². The molecule has 2 N–H and O–H groups in total. The number of nitrogens with one attached hydrogen (secondary N) is 1. The number of pyridine rings is 1. The lowest BCUT2D eigenvalue weighted by molar-refractivity contribution is 0.468. The van der Waals surface area contributed by atoms with Gasteiger partial charge in [-0.1, -0.05) is 54.1 Å². The van der Waals surface area contributed by atoms with Crippen molar-refractivity contribution >= 4 is 28.1 Å². The van der Waals surface area contributed by atoms with E-state index < -0.39 is 0 Å². The van der Waals surface area contributed by atoms with E-state index in [1.165, 1.54) is 0 Å². The number of fused-ring (bicyclic) bond motifs is 1. The van der Waals surface area contributed by atoms with Gasteiger partial charge in [-0.15, -0.1) is 0 Å². The van der Waals surface area contributed by atoms with Gasteiger partial charge in [0.05, 0.1) is 11.7 Å². The third-order valence-electron chi connectivity index (χ3n) is 4.39. The molecule has 0 aliphatic heterocycles. The zero-order chi connectivity index (χ0) is 17.9. The molecule has 0 bridgehead atoms. The van der Waals surface area contributed by atoms with Gasteiger partial charge in [0.15, 0.2) is 0 Å². The number of phenolic OH excluding ortho intramolecular Hbond substituents is 1. The first-order valence-corrected chi connectivity index (χ1v) is 8.73. The smallest absolute Gasteiger partial charge is 0.121 e. The largest absolute Gasteiger partial charge is 0.508 e. The first-order chi connectivity index (χ1) is 12.7. The average molecular weight is 361 g/mol. The summed E-state index contributed by atoms with van der Waals surface area (Å²) in [7, 11) is 0. The van der Waals surface area contributed by atoms with E-state index in [9.17, 15) is 5.11 Å². The highest BCUT2D eigenvalue weighted by Crippen LogP contribution is 2.38. The number of halogens is 1. The van der Waals surface area contributed by atoms with Crippen molar-refractivity contribution in [3.63, 3.8) is 0 Å². The molecule has 0 aliphatic rings. The van der Waals surface area contributed by atoms with Crippen LogP contribution in [0.15, 0.2) is 85.2 Å². The van der Waals surface area contributed by atoms with Crippen LogP contribution in [0.5, 0.6) is 5.75 Å². The molecule has 0 fully saturated rings. The molecule has 0 aliphatic carbocycles. The number of phenols is 1. The molecule has 0 radical (unpaired) electrons. The number of benzene rings is 3. The van der Waals surface area contributed by atoms with Crippen LogP contribution in [0.25, 0.3) is 10.8 Å². The van der Waals surface area contributed by atoms with E-state index in [0.717, 1.165) is 27.6 Å². The van der Waals surface area contributed by atoms with Gasteiger partial charge in [0, 0.05) is 23.0 Å². The quantitative estimate of drug-likeness (QED) is 0.483. The van der Waals surface area contributed by atoms with E-state index in [1.807, 2.05) is 66.7 Å². The second-order valence-corrected chi connectivity index (χ2v) is 6.53. The molecule has 1 aromatic heterocycles. The van der Waals surface area contributed by atoms with E-state index in [0.29, 0.717) is 5.02 Å². The number of aromatic nitrogens is 1. The summed E-state index contributed by atoms with van der Waals surface area (Å²) in [6.45, 7) is 0. The fourth-order valence-electron chi connectivity index (χ4n) is 3.21. The Balaban J connectivity index is 1.92. The number of aromatic hydroxyl groups is 1. The highest BCUT2D eigenvalue weighted by Gasteiger charge is 2.21. The first kappa shape index (κ1) is 16.4. The second kappa shape index (κ2) is 7.06. The number of anilines is 1. The summed E-state index contributed by atoms with van der Waals surface area (Å²) in [5.74, 6) is 0.241. The van der Waals surface area contributed by atoms with Crippen LogP contribution in [0.2, 0.25) is 5.02 Å². The Bertz CT molecular complexity index is 1050. The van der Waals surface area contributed by atoms with Crippen molar-refractivity contribution in [1.29, 1.82) is 0 Å². The van der Waals surface area contributed by atoms with Gasteiger partial charge in [0.25, 0.3) is 0 Å². The molecular formula is C22H17ClN2O. The first-order valence-electron chi connectivity index (χ1n) is 8.35. The summed E-state index contributed by atoms with van der Waals surface area (Å²) in [5, 5.41) is 16.9.